The first kappa shape index (κ1) is 17.1. The molecule has 0 aliphatic carbocycles. The van der Waals surface area contributed by atoms with E-state index in [1.165, 1.54) is 22.2 Å². The maximum Gasteiger partial charge on any atom is 0.273 e. The summed E-state index contributed by atoms with van der Waals surface area (Å²) < 4.78 is 2.77. The van der Waals surface area contributed by atoms with Crippen molar-refractivity contribution in [2.75, 3.05) is 0 Å². The predicted octanol–water partition coefficient (Wildman–Crippen LogP) is 3.07. The van der Waals surface area contributed by atoms with Gasteiger partial charge < -0.3 is 0 Å². The summed E-state index contributed by atoms with van der Waals surface area (Å²) in [6, 6.07) is 12.6. The third-order valence-corrected chi connectivity index (χ3v) is 4.90. The first-order chi connectivity index (χ1) is 14.0. The van der Waals surface area contributed by atoms with Gasteiger partial charge in [-0.1, -0.05) is 12.1 Å². The SMILES string of the molecule is CC(=O)n1nc(C)c2cc(-c3cc(=O)n4[nH]cc(-c5ccccn5)c4n3)ccc21. The summed E-state index contributed by atoms with van der Waals surface area (Å²) in [7, 11) is 0. The zero-order chi connectivity index (χ0) is 20.1. The maximum absolute atomic E-state index is 12.7. The molecular formula is C21H16N6O2. The van der Waals surface area contributed by atoms with Crippen molar-refractivity contribution in [1.82, 2.24) is 29.4 Å². The minimum absolute atomic E-state index is 0.152. The van der Waals surface area contributed by atoms with Crippen molar-refractivity contribution in [3.8, 4) is 22.5 Å². The van der Waals surface area contributed by atoms with Gasteiger partial charge in [0.15, 0.2) is 5.65 Å². The monoisotopic (exact) mass is 384 g/mol. The van der Waals surface area contributed by atoms with Crippen molar-refractivity contribution >= 4 is 22.5 Å². The molecule has 0 aliphatic rings. The summed E-state index contributed by atoms with van der Waals surface area (Å²) in [6.45, 7) is 3.32. The van der Waals surface area contributed by atoms with Gasteiger partial charge in [-0.3, -0.25) is 19.7 Å². The maximum atomic E-state index is 12.7. The highest BCUT2D eigenvalue weighted by atomic mass is 16.2. The lowest BCUT2D eigenvalue weighted by atomic mass is 10.1. The van der Waals surface area contributed by atoms with Crippen LogP contribution in [0.25, 0.3) is 39.1 Å². The number of nitrogens with one attached hydrogen (secondary N) is 1. The van der Waals surface area contributed by atoms with E-state index >= 15 is 0 Å². The largest absolute Gasteiger partial charge is 0.296 e. The van der Waals surface area contributed by atoms with Gasteiger partial charge in [0.25, 0.3) is 5.56 Å². The summed E-state index contributed by atoms with van der Waals surface area (Å²) in [6.07, 6.45) is 3.42. The van der Waals surface area contributed by atoms with Crippen LogP contribution in [0.2, 0.25) is 0 Å². The van der Waals surface area contributed by atoms with Gasteiger partial charge in [-0.25, -0.2) is 14.2 Å². The second-order valence-corrected chi connectivity index (χ2v) is 6.79. The average molecular weight is 384 g/mol. The van der Waals surface area contributed by atoms with E-state index < -0.39 is 0 Å². The molecule has 8 nitrogen and oxygen atoms in total. The fraction of sp³-hybridized carbons (Fsp3) is 0.0952. The highest BCUT2D eigenvalue weighted by Crippen LogP contribution is 2.27. The first-order valence-electron chi connectivity index (χ1n) is 9.06. The van der Waals surface area contributed by atoms with E-state index in [1.54, 1.807) is 12.4 Å². The zero-order valence-electron chi connectivity index (χ0n) is 15.7. The topological polar surface area (TPSA) is 97.9 Å². The van der Waals surface area contributed by atoms with E-state index in [9.17, 15) is 9.59 Å². The molecule has 1 N–H and O–H groups in total. The van der Waals surface area contributed by atoms with Crippen LogP contribution in [-0.4, -0.2) is 35.3 Å². The molecule has 0 bridgehead atoms. The lowest BCUT2D eigenvalue weighted by Gasteiger charge is -2.04. The van der Waals surface area contributed by atoms with E-state index in [-0.39, 0.29) is 11.5 Å². The Morgan fingerprint density at radius 3 is 2.72 bits per heavy atom. The Hall–Kier alpha value is -4.07. The number of fused-ring (bicyclic) bond motifs is 2. The van der Waals surface area contributed by atoms with E-state index in [2.05, 4.69) is 15.2 Å². The molecule has 0 spiro atoms. The number of aromatic nitrogens is 6. The average Bonchev–Trinajstić information content (AvgIpc) is 3.30. The Kier molecular flexibility index (Phi) is 3.67. The molecule has 29 heavy (non-hydrogen) atoms. The summed E-state index contributed by atoms with van der Waals surface area (Å²) in [4.78, 5) is 33.5. The number of H-pyrrole nitrogens is 1. The highest BCUT2D eigenvalue weighted by molar-refractivity contribution is 5.93. The van der Waals surface area contributed by atoms with Crippen molar-refractivity contribution in [2.24, 2.45) is 0 Å². The van der Waals surface area contributed by atoms with Crippen LogP contribution in [0.3, 0.4) is 0 Å². The zero-order valence-corrected chi connectivity index (χ0v) is 15.7. The van der Waals surface area contributed by atoms with Crippen molar-refractivity contribution in [1.29, 1.82) is 0 Å². The van der Waals surface area contributed by atoms with Gasteiger partial charge in [-0.05, 0) is 31.2 Å². The number of hydrogen-bond acceptors (Lipinski definition) is 5. The minimum atomic E-state index is -0.219. The third-order valence-electron chi connectivity index (χ3n) is 4.90. The molecule has 4 heterocycles. The smallest absolute Gasteiger partial charge is 0.273 e. The number of aromatic amines is 1. The van der Waals surface area contributed by atoms with Crippen molar-refractivity contribution < 1.29 is 4.79 Å². The standard InChI is InChI=1S/C21H16N6O2/c1-12-15-9-14(6-7-19(15)26(25-12)13(2)28)18-10-20(29)27-21(24-18)16(11-23-27)17-5-3-4-8-22-17/h3-11,23H,1-2H3. The number of pyridine rings is 1. The Balaban J connectivity index is 1.72. The fourth-order valence-electron chi connectivity index (χ4n) is 3.51. The summed E-state index contributed by atoms with van der Waals surface area (Å²) in [5, 5.41) is 8.09. The number of rotatable bonds is 2. The van der Waals surface area contributed by atoms with Crippen LogP contribution in [-0.2, 0) is 0 Å². The number of carbonyl (C=O) groups excluding carboxylic acids is 1. The van der Waals surface area contributed by atoms with E-state index in [0.717, 1.165) is 33.4 Å². The van der Waals surface area contributed by atoms with Gasteiger partial charge in [-0.2, -0.15) is 5.10 Å². The molecular weight excluding hydrogens is 368 g/mol. The molecule has 142 valence electrons. The Labute approximate surface area is 164 Å². The van der Waals surface area contributed by atoms with Gasteiger partial charge in [0.05, 0.1) is 28.2 Å². The predicted molar refractivity (Wildman–Crippen MR) is 109 cm³/mol. The van der Waals surface area contributed by atoms with Gasteiger partial charge in [0.2, 0.25) is 5.91 Å². The number of aryl methyl sites for hydroxylation is 1. The Bertz CT molecular complexity index is 1460. The molecule has 0 unspecified atom stereocenters. The van der Waals surface area contributed by atoms with Gasteiger partial charge >= 0.3 is 0 Å². The Morgan fingerprint density at radius 1 is 1.10 bits per heavy atom. The number of hydrogen-bond donors (Lipinski definition) is 1. The molecule has 0 radical (unpaired) electrons. The summed E-state index contributed by atoms with van der Waals surface area (Å²) in [5.41, 5.74) is 4.54. The van der Waals surface area contributed by atoms with Crippen LogP contribution < -0.4 is 5.56 Å². The number of nitrogens with zero attached hydrogens (tertiary/aromatic N) is 5. The van der Waals surface area contributed by atoms with Gasteiger partial charge in [-0.15, -0.1) is 0 Å². The van der Waals surface area contributed by atoms with E-state index in [0.29, 0.717) is 11.3 Å². The van der Waals surface area contributed by atoms with Crippen LogP contribution in [0.1, 0.15) is 17.4 Å². The highest BCUT2D eigenvalue weighted by Gasteiger charge is 2.15. The quantitative estimate of drug-likeness (QED) is 0.504. The molecule has 8 heteroatoms. The third kappa shape index (κ3) is 2.65. The first-order valence-corrected chi connectivity index (χ1v) is 9.06. The number of benzene rings is 1. The van der Waals surface area contributed by atoms with Gasteiger partial charge in [0, 0.05) is 36.3 Å². The lowest BCUT2D eigenvalue weighted by Crippen LogP contribution is -2.14. The molecule has 0 aliphatic heterocycles. The minimum Gasteiger partial charge on any atom is -0.296 e. The summed E-state index contributed by atoms with van der Waals surface area (Å²) >= 11 is 0. The van der Waals surface area contributed by atoms with Crippen molar-refractivity contribution in [3.63, 3.8) is 0 Å². The molecule has 0 fully saturated rings. The van der Waals surface area contributed by atoms with Gasteiger partial charge in [0.1, 0.15) is 0 Å². The molecule has 5 aromatic rings. The molecule has 0 saturated heterocycles. The Morgan fingerprint density at radius 2 is 1.97 bits per heavy atom. The van der Waals surface area contributed by atoms with Crippen molar-refractivity contribution in [3.05, 3.63) is 70.9 Å². The van der Waals surface area contributed by atoms with Crippen LogP contribution in [0.5, 0.6) is 0 Å². The molecule has 1 aromatic carbocycles. The summed E-state index contributed by atoms with van der Waals surface area (Å²) in [5.74, 6) is -0.152. The van der Waals surface area contributed by atoms with Crippen LogP contribution in [0.4, 0.5) is 0 Å². The van der Waals surface area contributed by atoms with Crippen LogP contribution in [0.15, 0.2) is 59.7 Å². The second kappa shape index (κ2) is 6.23. The van der Waals surface area contributed by atoms with Crippen LogP contribution in [0, 0.1) is 6.92 Å². The fourth-order valence-corrected chi connectivity index (χ4v) is 3.51. The lowest BCUT2D eigenvalue weighted by molar-refractivity contribution is 0.0926. The van der Waals surface area contributed by atoms with Crippen LogP contribution >= 0.6 is 0 Å². The van der Waals surface area contributed by atoms with E-state index in [4.69, 9.17) is 4.98 Å². The molecule has 0 atom stereocenters. The van der Waals surface area contributed by atoms with Crippen molar-refractivity contribution in [2.45, 2.75) is 13.8 Å². The molecule has 0 saturated carbocycles. The number of carbonyl (C=O) groups is 1. The molecule has 4 aromatic heterocycles. The normalized spacial score (nSPS) is 11.4. The molecule has 0 amide bonds. The molecule has 5 rings (SSSR count). The van der Waals surface area contributed by atoms with E-state index in [1.807, 2.05) is 43.3 Å². The second-order valence-electron chi connectivity index (χ2n) is 6.79.